The van der Waals surface area contributed by atoms with E-state index in [1.54, 1.807) is 6.07 Å². The summed E-state index contributed by atoms with van der Waals surface area (Å²) >= 11 is 4.87. The number of hydrogen-bond donors (Lipinski definition) is 0. The molecule has 4 nitrogen and oxygen atoms in total. The molecular formula is C11H10BrN3OS. The van der Waals surface area contributed by atoms with E-state index in [0.29, 0.717) is 5.56 Å². The van der Waals surface area contributed by atoms with Gasteiger partial charge in [-0.2, -0.15) is 0 Å². The van der Waals surface area contributed by atoms with Crippen molar-refractivity contribution in [2.75, 3.05) is 0 Å². The third kappa shape index (κ3) is 2.58. The van der Waals surface area contributed by atoms with E-state index < -0.39 is 0 Å². The molecule has 0 unspecified atom stereocenters. The maximum Gasteiger partial charge on any atom is 0.195 e. The van der Waals surface area contributed by atoms with Gasteiger partial charge in [0, 0.05) is 22.0 Å². The molecule has 2 rings (SSSR count). The second-order valence-electron chi connectivity index (χ2n) is 3.49. The maximum absolute atomic E-state index is 10.7. The van der Waals surface area contributed by atoms with E-state index in [-0.39, 0.29) is 0 Å². The first-order chi connectivity index (χ1) is 8.11. The van der Waals surface area contributed by atoms with Crippen LogP contribution in [0, 0.1) is 6.92 Å². The van der Waals surface area contributed by atoms with Crippen molar-refractivity contribution in [2.45, 2.75) is 17.0 Å². The molecule has 0 atom stereocenters. The summed E-state index contributed by atoms with van der Waals surface area (Å²) < 4.78 is 2.71. The predicted molar refractivity (Wildman–Crippen MR) is 69.4 cm³/mol. The largest absolute Gasteiger partial charge is 0.309 e. The van der Waals surface area contributed by atoms with Crippen LogP contribution in [0.2, 0.25) is 0 Å². The molecule has 0 saturated heterocycles. The van der Waals surface area contributed by atoms with Gasteiger partial charge in [0.1, 0.15) is 5.82 Å². The zero-order valence-electron chi connectivity index (χ0n) is 9.35. The molecule has 0 aliphatic heterocycles. The summed E-state index contributed by atoms with van der Waals surface area (Å²) in [7, 11) is 1.92. The fraction of sp³-hybridized carbons (Fsp3) is 0.182. The van der Waals surface area contributed by atoms with Crippen LogP contribution in [0.4, 0.5) is 0 Å². The van der Waals surface area contributed by atoms with Gasteiger partial charge < -0.3 is 4.57 Å². The van der Waals surface area contributed by atoms with E-state index in [1.165, 1.54) is 11.8 Å². The molecule has 0 aliphatic rings. The third-order valence-corrected chi connectivity index (χ3v) is 4.08. The summed E-state index contributed by atoms with van der Waals surface area (Å²) in [6, 6.07) is 5.57. The van der Waals surface area contributed by atoms with Gasteiger partial charge in [0.2, 0.25) is 0 Å². The first-order valence-electron chi connectivity index (χ1n) is 4.90. The molecular weight excluding hydrogens is 302 g/mol. The Labute approximate surface area is 112 Å². The fourth-order valence-electron chi connectivity index (χ4n) is 1.25. The molecule has 0 amide bonds. The van der Waals surface area contributed by atoms with Crippen molar-refractivity contribution < 1.29 is 4.79 Å². The summed E-state index contributed by atoms with van der Waals surface area (Å²) in [5.74, 6) is 0.871. The highest BCUT2D eigenvalue weighted by molar-refractivity contribution is 9.10. The van der Waals surface area contributed by atoms with Crippen LogP contribution in [0.5, 0.6) is 0 Å². The first-order valence-corrected chi connectivity index (χ1v) is 6.51. The highest BCUT2D eigenvalue weighted by Gasteiger charge is 2.08. The van der Waals surface area contributed by atoms with E-state index in [2.05, 4.69) is 26.1 Å². The molecule has 0 N–H and O–H groups in total. The van der Waals surface area contributed by atoms with Crippen LogP contribution >= 0.6 is 27.7 Å². The second-order valence-corrected chi connectivity index (χ2v) is 5.39. The maximum atomic E-state index is 10.7. The lowest BCUT2D eigenvalue weighted by Crippen LogP contribution is -1.93. The molecule has 1 aromatic heterocycles. The van der Waals surface area contributed by atoms with Gasteiger partial charge in [0.05, 0.1) is 0 Å². The molecule has 6 heteroatoms. The monoisotopic (exact) mass is 311 g/mol. The zero-order chi connectivity index (χ0) is 12.4. The van der Waals surface area contributed by atoms with Gasteiger partial charge >= 0.3 is 0 Å². The van der Waals surface area contributed by atoms with Gasteiger partial charge in [-0.15, -0.1) is 10.2 Å². The average Bonchev–Trinajstić information content (AvgIpc) is 2.61. The van der Waals surface area contributed by atoms with Crippen LogP contribution in [0.1, 0.15) is 16.2 Å². The van der Waals surface area contributed by atoms with Crippen LogP contribution < -0.4 is 0 Å². The van der Waals surface area contributed by atoms with Gasteiger partial charge in [-0.3, -0.25) is 4.79 Å². The molecule has 0 spiro atoms. The van der Waals surface area contributed by atoms with E-state index in [9.17, 15) is 4.79 Å². The minimum Gasteiger partial charge on any atom is -0.309 e. The number of carbonyl (C=O) groups is 1. The Morgan fingerprint density at radius 2 is 2.18 bits per heavy atom. The number of benzene rings is 1. The van der Waals surface area contributed by atoms with Crippen molar-refractivity contribution in [3.05, 3.63) is 34.1 Å². The standard InChI is InChI=1S/C11H10BrN3OS/c1-7-13-14-11(15(7)2)17-9-4-3-8(6-16)10(12)5-9/h3-6H,1-2H3. The minimum absolute atomic E-state index is 0.642. The van der Waals surface area contributed by atoms with Crippen molar-refractivity contribution in [2.24, 2.45) is 7.05 Å². The summed E-state index contributed by atoms with van der Waals surface area (Å²) in [4.78, 5) is 11.7. The second kappa shape index (κ2) is 5.01. The highest BCUT2D eigenvalue weighted by atomic mass is 79.9. The SMILES string of the molecule is Cc1nnc(Sc2ccc(C=O)c(Br)c2)n1C. The zero-order valence-corrected chi connectivity index (χ0v) is 11.7. The number of nitrogens with zero attached hydrogens (tertiary/aromatic N) is 3. The van der Waals surface area contributed by atoms with Crippen molar-refractivity contribution in [3.63, 3.8) is 0 Å². The van der Waals surface area contributed by atoms with Gasteiger partial charge in [-0.25, -0.2) is 0 Å². The predicted octanol–water partition coefficient (Wildman–Crippen LogP) is 2.85. The van der Waals surface area contributed by atoms with Crippen LogP contribution in [0.25, 0.3) is 0 Å². The van der Waals surface area contributed by atoms with Gasteiger partial charge in [0.15, 0.2) is 11.4 Å². The molecule has 88 valence electrons. The Morgan fingerprint density at radius 3 is 2.71 bits per heavy atom. The summed E-state index contributed by atoms with van der Waals surface area (Å²) in [5, 5.41) is 8.89. The van der Waals surface area contributed by atoms with Crippen molar-refractivity contribution in [3.8, 4) is 0 Å². The molecule has 2 aromatic rings. The fourth-order valence-corrected chi connectivity index (χ4v) is 2.75. The topological polar surface area (TPSA) is 47.8 Å². The van der Waals surface area contributed by atoms with Crippen LogP contribution in [0.15, 0.2) is 32.7 Å². The van der Waals surface area contributed by atoms with E-state index in [0.717, 1.165) is 26.6 Å². The normalized spacial score (nSPS) is 10.5. The number of halogens is 1. The Bertz CT molecular complexity index is 568. The van der Waals surface area contributed by atoms with Crippen molar-refractivity contribution in [1.29, 1.82) is 0 Å². The number of carbonyl (C=O) groups excluding carboxylic acids is 1. The minimum atomic E-state index is 0.642. The third-order valence-electron chi connectivity index (χ3n) is 2.36. The highest BCUT2D eigenvalue weighted by Crippen LogP contribution is 2.29. The van der Waals surface area contributed by atoms with Crippen LogP contribution in [-0.4, -0.2) is 21.1 Å². The lowest BCUT2D eigenvalue weighted by molar-refractivity contribution is 0.112. The number of aldehydes is 1. The number of aromatic nitrogens is 3. The van der Waals surface area contributed by atoms with Crippen LogP contribution in [0.3, 0.4) is 0 Å². The number of hydrogen-bond acceptors (Lipinski definition) is 4. The van der Waals surface area contributed by atoms with E-state index in [4.69, 9.17) is 0 Å². The van der Waals surface area contributed by atoms with Crippen molar-refractivity contribution in [1.82, 2.24) is 14.8 Å². The molecule has 0 aliphatic carbocycles. The van der Waals surface area contributed by atoms with Gasteiger partial charge in [0.25, 0.3) is 0 Å². The summed E-state index contributed by atoms with van der Waals surface area (Å²) in [5.41, 5.74) is 0.642. The molecule has 0 bridgehead atoms. The van der Waals surface area contributed by atoms with E-state index >= 15 is 0 Å². The Balaban J connectivity index is 2.28. The Morgan fingerprint density at radius 1 is 1.41 bits per heavy atom. The Hall–Kier alpha value is -1.14. The molecule has 0 fully saturated rings. The Kier molecular flexibility index (Phi) is 3.63. The molecule has 1 aromatic carbocycles. The van der Waals surface area contributed by atoms with Gasteiger partial charge in [-0.1, -0.05) is 15.9 Å². The molecule has 0 radical (unpaired) electrons. The lowest BCUT2D eigenvalue weighted by atomic mass is 10.2. The van der Waals surface area contributed by atoms with Crippen LogP contribution in [-0.2, 0) is 7.05 Å². The molecule has 17 heavy (non-hydrogen) atoms. The number of rotatable bonds is 3. The smallest absolute Gasteiger partial charge is 0.195 e. The summed E-state index contributed by atoms with van der Waals surface area (Å²) in [6.07, 6.45) is 0.824. The first kappa shape index (κ1) is 12.3. The summed E-state index contributed by atoms with van der Waals surface area (Å²) in [6.45, 7) is 1.91. The lowest BCUT2D eigenvalue weighted by Gasteiger charge is -2.03. The molecule has 0 saturated carbocycles. The van der Waals surface area contributed by atoms with Crippen molar-refractivity contribution >= 4 is 34.0 Å². The van der Waals surface area contributed by atoms with E-state index in [1.807, 2.05) is 30.7 Å². The quantitative estimate of drug-likeness (QED) is 0.818. The average molecular weight is 312 g/mol. The molecule has 1 heterocycles. The number of aryl methyl sites for hydroxylation is 1. The van der Waals surface area contributed by atoms with Gasteiger partial charge in [-0.05, 0) is 36.9 Å².